The normalized spacial score (nSPS) is 18.0. The number of aliphatic hydroxyl groups excluding tert-OH is 1. The number of aliphatic hydroxyl groups is 1. The largest absolute Gasteiger partial charge is 0.389 e. The molecule has 1 atom stereocenters. The molecule has 0 unspecified atom stereocenters. The second kappa shape index (κ2) is 4.42. The summed E-state index contributed by atoms with van der Waals surface area (Å²) in [6.45, 7) is 1.67. The lowest BCUT2D eigenvalue weighted by Gasteiger charge is -2.37. The Morgan fingerprint density at radius 3 is 2.62 bits per heavy atom. The molecule has 1 aromatic carbocycles. The van der Waals surface area contributed by atoms with Crippen LogP contribution in [0.3, 0.4) is 0 Å². The third-order valence-electron chi connectivity index (χ3n) is 3.44. The predicted octanol–water partition coefficient (Wildman–Crippen LogP) is 2.87. The quantitative estimate of drug-likeness (QED) is 0.851. The Kier molecular flexibility index (Phi) is 3.15. The fraction of sp³-hybridized carbons (Fsp3) is 0.538. The number of hydrogen-bond donors (Lipinski definition) is 1. The first-order valence-electron chi connectivity index (χ1n) is 5.80. The molecule has 1 aliphatic carbocycles. The topological polar surface area (TPSA) is 23.5 Å². The van der Waals surface area contributed by atoms with E-state index in [0.29, 0.717) is 11.6 Å². The number of hydrogen-bond acceptors (Lipinski definition) is 2. The van der Waals surface area contributed by atoms with Crippen LogP contribution in [0.1, 0.15) is 37.9 Å². The Labute approximate surface area is 95.7 Å². The summed E-state index contributed by atoms with van der Waals surface area (Å²) in [4.78, 5) is 2.16. The van der Waals surface area contributed by atoms with Gasteiger partial charge in [0.15, 0.2) is 0 Å². The van der Waals surface area contributed by atoms with E-state index in [1.807, 2.05) is 7.05 Å². The smallest absolute Gasteiger partial charge is 0.123 e. The van der Waals surface area contributed by atoms with Crippen molar-refractivity contribution in [3.05, 3.63) is 29.6 Å². The summed E-state index contributed by atoms with van der Waals surface area (Å²) in [7, 11) is 2.02. The minimum absolute atomic E-state index is 0.290. The van der Waals surface area contributed by atoms with Crippen molar-refractivity contribution in [1.29, 1.82) is 0 Å². The summed E-state index contributed by atoms with van der Waals surface area (Å²) >= 11 is 0. The highest BCUT2D eigenvalue weighted by atomic mass is 19.1. The zero-order valence-electron chi connectivity index (χ0n) is 9.78. The van der Waals surface area contributed by atoms with Crippen molar-refractivity contribution >= 4 is 5.69 Å². The van der Waals surface area contributed by atoms with Gasteiger partial charge in [-0.25, -0.2) is 4.39 Å². The summed E-state index contributed by atoms with van der Waals surface area (Å²) < 4.78 is 13.1. The van der Waals surface area contributed by atoms with Crippen molar-refractivity contribution in [2.24, 2.45) is 0 Å². The van der Waals surface area contributed by atoms with E-state index in [4.69, 9.17) is 0 Å². The first-order chi connectivity index (χ1) is 7.59. The fourth-order valence-electron chi connectivity index (χ4n) is 2.15. The van der Waals surface area contributed by atoms with Crippen molar-refractivity contribution in [2.75, 3.05) is 11.9 Å². The van der Waals surface area contributed by atoms with E-state index >= 15 is 0 Å². The van der Waals surface area contributed by atoms with Gasteiger partial charge < -0.3 is 10.0 Å². The van der Waals surface area contributed by atoms with Gasteiger partial charge in [-0.1, -0.05) is 0 Å². The molecule has 0 aliphatic heterocycles. The van der Waals surface area contributed by atoms with E-state index < -0.39 is 6.10 Å². The molecule has 0 saturated heterocycles. The minimum Gasteiger partial charge on any atom is -0.389 e. The summed E-state index contributed by atoms with van der Waals surface area (Å²) in [5.41, 5.74) is 1.62. The highest BCUT2D eigenvalue weighted by molar-refractivity contribution is 5.55. The Morgan fingerprint density at radius 2 is 2.12 bits per heavy atom. The molecular weight excluding hydrogens is 205 g/mol. The summed E-state index contributed by atoms with van der Waals surface area (Å²) in [5, 5.41) is 9.66. The average molecular weight is 223 g/mol. The second-order valence-corrected chi connectivity index (χ2v) is 4.57. The van der Waals surface area contributed by atoms with Crippen LogP contribution in [0.25, 0.3) is 0 Å². The van der Waals surface area contributed by atoms with Crippen LogP contribution in [0.15, 0.2) is 18.2 Å². The van der Waals surface area contributed by atoms with Crippen molar-refractivity contribution in [3.63, 3.8) is 0 Å². The molecule has 1 saturated carbocycles. The van der Waals surface area contributed by atoms with E-state index in [2.05, 4.69) is 4.90 Å². The predicted molar refractivity (Wildman–Crippen MR) is 63.1 cm³/mol. The van der Waals surface area contributed by atoms with Crippen LogP contribution in [-0.4, -0.2) is 18.2 Å². The van der Waals surface area contributed by atoms with Crippen LogP contribution in [0, 0.1) is 5.82 Å². The molecule has 2 nitrogen and oxygen atoms in total. The summed E-state index contributed by atoms with van der Waals surface area (Å²) in [6, 6.07) is 5.18. The Morgan fingerprint density at radius 1 is 1.44 bits per heavy atom. The zero-order valence-corrected chi connectivity index (χ0v) is 9.78. The standard InChI is InChI=1S/C13H18FNO/c1-9(16)12-8-10(14)6-7-13(12)15(2)11-4-3-5-11/h6-9,11,16H,3-5H2,1-2H3/t9-/m1/s1. The Balaban J connectivity index is 2.30. The van der Waals surface area contributed by atoms with Gasteiger partial charge in [-0.05, 0) is 44.4 Å². The van der Waals surface area contributed by atoms with Crippen LogP contribution in [0.4, 0.5) is 10.1 Å². The SMILES string of the molecule is C[C@@H](O)c1cc(F)ccc1N(C)C1CCC1. The van der Waals surface area contributed by atoms with Crippen molar-refractivity contribution < 1.29 is 9.50 Å². The molecule has 1 aliphatic rings. The van der Waals surface area contributed by atoms with Crippen LogP contribution in [-0.2, 0) is 0 Å². The maximum absolute atomic E-state index is 13.1. The van der Waals surface area contributed by atoms with Crippen molar-refractivity contribution in [2.45, 2.75) is 38.3 Å². The molecule has 1 aromatic rings. The average Bonchev–Trinajstić information content (AvgIpc) is 2.14. The van der Waals surface area contributed by atoms with E-state index in [0.717, 1.165) is 5.69 Å². The van der Waals surface area contributed by atoms with Gasteiger partial charge in [0.25, 0.3) is 0 Å². The molecule has 2 rings (SSSR count). The number of benzene rings is 1. The van der Waals surface area contributed by atoms with Crippen molar-refractivity contribution in [3.8, 4) is 0 Å². The van der Waals surface area contributed by atoms with Gasteiger partial charge in [0.2, 0.25) is 0 Å². The van der Waals surface area contributed by atoms with Crippen LogP contribution in [0.5, 0.6) is 0 Å². The summed E-state index contributed by atoms with van der Waals surface area (Å²) in [6.07, 6.45) is 3.01. The number of halogens is 1. The lowest BCUT2D eigenvalue weighted by atomic mass is 9.91. The fourth-order valence-corrected chi connectivity index (χ4v) is 2.15. The van der Waals surface area contributed by atoms with Gasteiger partial charge >= 0.3 is 0 Å². The monoisotopic (exact) mass is 223 g/mol. The van der Waals surface area contributed by atoms with Crippen molar-refractivity contribution in [1.82, 2.24) is 0 Å². The molecule has 16 heavy (non-hydrogen) atoms. The third kappa shape index (κ3) is 2.05. The van der Waals surface area contributed by atoms with Crippen LogP contribution >= 0.6 is 0 Å². The van der Waals surface area contributed by atoms with E-state index in [9.17, 15) is 9.50 Å². The highest BCUT2D eigenvalue weighted by Gasteiger charge is 2.24. The first kappa shape index (κ1) is 11.4. The maximum Gasteiger partial charge on any atom is 0.123 e. The number of nitrogens with zero attached hydrogens (tertiary/aromatic N) is 1. The highest BCUT2D eigenvalue weighted by Crippen LogP contribution is 2.33. The molecule has 0 aromatic heterocycles. The van der Waals surface area contributed by atoms with E-state index in [-0.39, 0.29) is 5.82 Å². The van der Waals surface area contributed by atoms with Gasteiger partial charge in [0.1, 0.15) is 5.82 Å². The van der Waals surface area contributed by atoms with Gasteiger partial charge in [0.05, 0.1) is 6.10 Å². The number of rotatable bonds is 3. The third-order valence-corrected chi connectivity index (χ3v) is 3.44. The zero-order chi connectivity index (χ0) is 11.7. The first-order valence-corrected chi connectivity index (χ1v) is 5.80. The van der Waals surface area contributed by atoms with Gasteiger partial charge in [-0.15, -0.1) is 0 Å². The Hall–Kier alpha value is -1.09. The van der Waals surface area contributed by atoms with E-state index in [1.165, 1.54) is 31.4 Å². The second-order valence-electron chi connectivity index (χ2n) is 4.57. The van der Waals surface area contributed by atoms with Crippen LogP contribution < -0.4 is 4.90 Å². The molecule has 0 radical (unpaired) electrons. The van der Waals surface area contributed by atoms with Gasteiger partial charge in [0, 0.05) is 24.3 Å². The molecule has 3 heteroatoms. The molecule has 0 heterocycles. The molecule has 1 N–H and O–H groups in total. The molecule has 0 spiro atoms. The van der Waals surface area contributed by atoms with Crippen LogP contribution in [0.2, 0.25) is 0 Å². The lowest BCUT2D eigenvalue weighted by Crippen LogP contribution is -2.37. The molecule has 88 valence electrons. The Bertz CT molecular complexity index is 374. The molecule has 1 fully saturated rings. The maximum atomic E-state index is 13.1. The van der Waals surface area contributed by atoms with Gasteiger partial charge in [-0.3, -0.25) is 0 Å². The molecule has 0 bridgehead atoms. The lowest BCUT2D eigenvalue weighted by molar-refractivity contribution is 0.199. The van der Waals surface area contributed by atoms with E-state index in [1.54, 1.807) is 13.0 Å². The summed E-state index contributed by atoms with van der Waals surface area (Å²) in [5.74, 6) is -0.290. The molecule has 0 amide bonds. The van der Waals surface area contributed by atoms with Gasteiger partial charge in [-0.2, -0.15) is 0 Å². The minimum atomic E-state index is -0.631. The number of anilines is 1. The molecular formula is C13H18FNO.